The van der Waals surface area contributed by atoms with Crippen LogP contribution in [0, 0.1) is 0 Å². The van der Waals surface area contributed by atoms with Crippen molar-refractivity contribution in [2.45, 2.75) is 11.4 Å². The molecule has 30 heavy (non-hydrogen) atoms. The smallest absolute Gasteiger partial charge is 0.321 e. The first-order valence-electron chi connectivity index (χ1n) is 9.35. The van der Waals surface area contributed by atoms with Gasteiger partial charge in [0.25, 0.3) is 0 Å². The first-order valence-corrected chi connectivity index (χ1v) is 11.2. The molecule has 0 amide bonds. The van der Waals surface area contributed by atoms with Crippen molar-refractivity contribution in [3.63, 3.8) is 0 Å². The molecule has 2 N–H and O–H groups in total. The fourth-order valence-corrected chi connectivity index (χ4v) is 5.11. The lowest BCUT2D eigenvalue weighted by Crippen LogP contribution is -2.33. The third-order valence-electron chi connectivity index (χ3n) is 4.77. The number of thioether (sulfide) groups is 1. The summed E-state index contributed by atoms with van der Waals surface area (Å²) in [6.45, 7) is 0.612. The summed E-state index contributed by atoms with van der Waals surface area (Å²) in [5, 5.41) is 15.5. The number of hydrogen-bond donors (Lipinski definition) is 2. The van der Waals surface area contributed by atoms with Gasteiger partial charge in [-0.3, -0.25) is 10.1 Å². The Balaban J connectivity index is 1.51. The van der Waals surface area contributed by atoms with Crippen molar-refractivity contribution in [3.05, 3.63) is 70.2 Å². The molecule has 2 unspecified atom stereocenters. The SMILES string of the molecule is O=C(O)C1CSC(c2c(OCCOc3ccc(Cl)cc3Cl)ccc3ccccc23)N1. The van der Waals surface area contributed by atoms with E-state index in [1.54, 1.807) is 30.0 Å². The van der Waals surface area contributed by atoms with Gasteiger partial charge < -0.3 is 14.6 Å². The van der Waals surface area contributed by atoms with Gasteiger partial charge in [-0.15, -0.1) is 11.8 Å². The predicted molar refractivity (Wildman–Crippen MR) is 121 cm³/mol. The van der Waals surface area contributed by atoms with Gasteiger partial charge in [0.05, 0.1) is 10.4 Å². The van der Waals surface area contributed by atoms with E-state index in [4.69, 9.17) is 32.7 Å². The second-order valence-electron chi connectivity index (χ2n) is 6.74. The van der Waals surface area contributed by atoms with E-state index in [0.717, 1.165) is 16.3 Å². The van der Waals surface area contributed by atoms with E-state index in [1.165, 1.54) is 0 Å². The van der Waals surface area contributed by atoms with Crippen LogP contribution in [-0.2, 0) is 4.79 Å². The van der Waals surface area contributed by atoms with Crippen molar-refractivity contribution in [1.29, 1.82) is 0 Å². The van der Waals surface area contributed by atoms with Crippen molar-refractivity contribution in [2.24, 2.45) is 0 Å². The van der Waals surface area contributed by atoms with E-state index >= 15 is 0 Å². The molecule has 1 aliphatic rings. The van der Waals surface area contributed by atoms with Crippen molar-refractivity contribution in [3.8, 4) is 11.5 Å². The molecule has 1 aliphatic heterocycles. The quantitative estimate of drug-likeness (QED) is 0.457. The Bertz CT molecular complexity index is 1080. The summed E-state index contributed by atoms with van der Waals surface area (Å²) in [6.07, 6.45) is 0. The van der Waals surface area contributed by atoms with Crippen LogP contribution in [0.2, 0.25) is 10.0 Å². The second-order valence-corrected chi connectivity index (χ2v) is 8.72. The Morgan fingerprint density at radius 2 is 1.80 bits per heavy atom. The Hall–Kier alpha value is -2.12. The molecule has 156 valence electrons. The molecule has 0 aromatic heterocycles. The van der Waals surface area contributed by atoms with Crippen LogP contribution >= 0.6 is 35.0 Å². The molecule has 0 saturated carbocycles. The minimum atomic E-state index is -0.846. The predicted octanol–water partition coefficient (Wildman–Crippen LogP) is 5.39. The third kappa shape index (κ3) is 4.62. The summed E-state index contributed by atoms with van der Waals surface area (Å²) in [5.41, 5.74) is 0.950. The summed E-state index contributed by atoms with van der Waals surface area (Å²) in [7, 11) is 0. The van der Waals surface area contributed by atoms with Crippen LogP contribution in [0.4, 0.5) is 0 Å². The molecule has 2 atom stereocenters. The highest BCUT2D eigenvalue weighted by Gasteiger charge is 2.33. The lowest BCUT2D eigenvalue weighted by Gasteiger charge is -2.19. The molecule has 0 radical (unpaired) electrons. The van der Waals surface area contributed by atoms with Gasteiger partial charge in [0, 0.05) is 16.3 Å². The van der Waals surface area contributed by atoms with Gasteiger partial charge in [0.1, 0.15) is 30.8 Å². The maximum Gasteiger partial charge on any atom is 0.321 e. The highest BCUT2D eigenvalue weighted by atomic mass is 35.5. The Morgan fingerprint density at radius 3 is 2.53 bits per heavy atom. The van der Waals surface area contributed by atoms with E-state index in [9.17, 15) is 9.90 Å². The molecule has 4 rings (SSSR count). The van der Waals surface area contributed by atoms with E-state index in [1.807, 2.05) is 36.4 Å². The lowest BCUT2D eigenvalue weighted by molar-refractivity contribution is -0.138. The van der Waals surface area contributed by atoms with E-state index < -0.39 is 12.0 Å². The molecule has 0 bridgehead atoms. The average molecular weight is 464 g/mol. The van der Waals surface area contributed by atoms with Gasteiger partial charge in [-0.2, -0.15) is 0 Å². The van der Waals surface area contributed by atoms with Crippen molar-refractivity contribution < 1.29 is 19.4 Å². The number of carbonyl (C=O) groups is 1. The topological polar surface area (TPSA) is 67.8 Å². The zero-order valence-corrected chi connectivity index (χ0v) is 18.1. The second kappa shape index (κ2) is 9.35. The highest BCUT2D eigenvalue weighted by Crippen LogP contribution is 2.42. The number of rotatable bonds is 7. The standard InChI is InChI=1S/C22H19Cl2NO4S/c23-14-6-8-18(16(24)11-14)28-9-10-29-19-7-5-13-3-1-2-4-15(13)20(19)21-25-17(12-30-21)22(26)27/h1-8,11,17,21,25H,9-10,12H2,(H,26,27). The molecule has 3 aromatic carbocycles. The van der Waals surface area contributed by atoms with Crippen molar-refractivity contribution in [2.75, 3.05) is 19.0 Å². The molecule has 1 saturated heterocycles. The summed E-state index contributed by atoms with van der Waals surface area (Å²) in [6, 6.07) is 16.4. The highest BCUT2D eigenvalue weighted by molar-refractivity contribution is 7.99. The van der Waals surface area contributed by atoms with Gasteiger partial charge in [-0.05, 0) is 35.0 Å². The fourth-order valence-electron chi connectivity index (χ4n) is 3.35. The lowest BCUT2D eigenvalue weighted by atomic mass is 10.0. The molecule has 8 heteroatoms. The van der Waals surface area contributed by atoms with Gasteiger partial charge in [-0.1, -0.05) is 53.5 Å². The number of fused-ring (bicyclic) bond motifs is 1. The normalized spacial score (nSPS) is 18.5. The zero-order chi connectivity index (χ0) is 21.1. The van der Waals surface area contributed by atoms with Crippen LogP contribution in [0.1, 0.15) is 10.9 Å². The van der Waals surface area contributed by atoms with Crippen molar-refractivity contribution >= 4 is 51.7 Å². The molecular formula is C22H19Cl2NO4S. The maximum absolute atomic E-state index is 11.4. The van der Waals surface area contributed by atoms with E-state index in [0.29, 0.717) is 40.5 Å². The summed E-state index contributed by atoms with van der Waals surface area (Å²) < 4.78 is 11.7. The van der Waals surface area contributed by atoms with Crippen LogP contribution < -0.4 is 14.8 Å². The molecule has 0 aliphatic carbocycles. The first-order chi connectivity index (χ1) is 14.5. The zero-order valence-electron chi connectivity index (χ0n) is 15.8. The van der Waals surface area contributed by atoms with Gasteiger partial charge in [0.2, 0.25) is 0 Å². The van der Waals surface area contributed by atoms with Gasteiger partial charge >= 0.3 is 5.97 Å². The monoisotopic (exact) mass is 463 g/mol. The first kappa shape index (κ1) is 21.1. The number of carboxylic acid groups (broad SMARTS) is 1. The number of nitrogens with one attached hydrogen (secondary N) is 1. The number of hydrogen-bond acceptors (Lipinski definition) is 5. The van der Waals surface area contributed by atoms with Crippen molar-refractivity contribution in [1.82, 2.24) is 5.32 Å². The average Bonchev–Trinajstić information content (AvgIpc) is 3.22. The van der Waals surface area contributed by atoms with E-state index in [-0.39, 0.29) is 5.37 Å². The van der Waals surface area contributed by atoms with Crippen LogP contribution in [-0.4, -0.2) is 36.1 Å². The summed E-state index contributed by atoms with van der Waals surface area (Å²) in [5.74, 6) is 0.901. The molecular weight excluding hydrogens is 445 g/mol. The van der Waals surface area contributed by atoms with Crippen LogP contribution in [0.3, 0.4) is 0 Å². The number of benzene rings is 3. The van der Waals surface area contributed by atoms with Crippen LogP contribution in [0.25, 0.3) is 10.8 Å². The Labute approximate surface area is 188 Å². The molecule has 1 heterocycles. The molecule has 1 fully saturated rings. The molecule has 0 spiro atoms. The van der Waals surface area contributed by atoms with Gasteiger partial charge in [-0.25, -0.2) is 0 Å². The Kier molecular flexibility index (Phi) is 6.58. The molecule has 5 nitrogen and oxygen atoms in total. The third-order valence-corrected chi connectivity index (χ3v) is 6.53. The number of aliphatic carboxylic acids is 1. The fraction of sp³-hybridized carbons (Fsp3) is 0.227. The minimum Gasteiger partial charge on any atom is -0.490 e. The van der Waals surface area contributed by atoms with Crippen LogP contribution in [0.15, 0.2) is 54.6 Å². The largest absolute Gasteiger partial charge is 0.490 e. The minimum absolute atomic E-state index is 0.168. The number of halogens is 2. The Morgan fingerprint density at radius 1 is 1.07 bits per heavy atom. The molecule has 3 aromatic rings. The number of ether oxygens (including phenoxy) is 2. The van der Waals surface area contributed by atoms with Crippen LogP contribution in [0.5, 0.6) is 11.5 Å². The number of carboxylic acids is 1. The summed E-state index contributed by atoms with van der Waals surface area (Å²) >= 11 is 13.6. The maximum atomic E-state index is 11.4. The van der Waals surface area contributed by atoms with E-state index in [2.05, 4.69) is 5.32 Å². The summed E-state index contributed by atoms with van der Waals surface area (Å²) in [4.78, 5) is 11.4. The van der Waals surface area contributed by atoms with Gasteiger partial charge in [0.15, 0.2) is 0 Å².